The van der Waals surface area contributed by atoms with Crippen molar-refractivity contribution in [3.8, 4) is 0 Å². The highest BCUT2D eigenvalue weighted by Gasteiger charge is 2.37. The second-order valence-corrected chi connectivity index (χ2v) is 10.3. The summed E-state index contributed by atoms with van der Waals surface area (Å²) in [5.41, 5.74) is 0.964. The zero-order valence-electron chi connectivity index (χ0n) is 18.8. The average Bonchev–Trinajstić information content (AvgIpc) is 3.30. The molecule has 166 valence electrons. The van der Waals surface area contributed by atoms with Crippen LogP contribution >= 0.6 is 11.8 Å². The number of H-pyrrole nitrogens is 1. The summed E-state index contributed by atoms with van der Waals surface area (Å²) in [5, 5.41) is 7.55. The van der Waals surface area contributed by atoms with Gasteiger partial charge in [-0.15, -0.1) is 0 Å². The molecule has 1 N–H and O–H groups in total. The lowest BCUT2D eigenvalue weighted by Crippen LogP contribution is -2.33. The third kappa shape index (κ3) is 4.43. The standard InChI is InChI=1S/C24H32N4O2S/c1-14-9-17(13-31-4)10-15(2)20(14)11-21-25-22(27-26-21)16(3)12-28-23(29)18-7-5-6-8-19(18)24(28)30/h5-8,14-17,20H,9-13H2,1-4H3,(H,25,26,27). The third-order valence-corrected chi connectivity index (χ3v) is 7.83. The highest BCUT2D eigenvalue weighted by Crippen LogP contribution is 2.40. The first-order chi connectivity index (χ1) is 14.9. The molecule has 2 amide bonds. The zero-order chi connectivity index (χ0) is 22.1. The first kappa shape index (κ1) is 22.1. The molecule has 1 fully saturated rings. The smallest absolute Gasteiger partial charge is 0.261 e. The molecule has 2 aromatic rings. The van der Waals surface area contributed by atoms with Gasteiger partial charge in [0.1, 0.15) is 5.82 Å². The quantitative estimate of drug-likeness (QED) is 0.645. The van der Waals surface area contributed by atoms with Gasteiger partial charge in [-0.3, -0.25) is 19.6 Å². The summed E-state index contributed by atoms with van der Waals surface area (Å²) in [4.78, 5) is 31.4. The fraction of sp³-hybridized carbons (Fsp3) is 0.583. The maximum Gasteiger partial charge on any atom is 0.261 e. The molecule has 6 nitrogen and oxygen atoms in total. The van der Waals surface area contributed by atoms with Gasteiger partial charge in [-0.25, -0.2) is 4.98 Å². The number of hydrogen-bond acceptors (Lipinski definition) is 5. The van der Waals surface area contributed by atoms with Crippen LogP contribution in [-0.2, 0) is 6.42 Å². The summed E-state index contributed by atoms with van der Waals surface area (Å²) in [6, 6.07) is 6.99. The molecule has 0 spiro atoms. The molecule has 0 saturated heterocycles. The Morgan fingerprint density at radius 1 is 1.13 bits per heavy atom. The molecule has 2 heterocycles. The molecule has 7 heteroatoms. The Bertz CT molecular complexity index is 912. The third-order valence-electron chi connectivity index (χ3n) is 7.03. The minimum Gasteiger partial charge on any atom is -0.274 e. The Balaban J connectivity index is 1.39. The second-order valence-electron chi connectivity index (χ2n) is 9.42. The fourth-order valence-electron chi connectivity index (χ4n) is 5.44. The SMILES string of the molecule is CSCC1CC(C)C(Cc2nc(C(C)CN3C(=O)c4ccccc4C3=O)n[nH]2)C(C)C1. The summed E-state index contributed by atoms with van der Waals surface area (Å²) < 4.78 is 0. The van der Waals surface area contributed by atoms with Crippen LogP contribution in [0.1, 0.15) is 71.9 Å². The lowest BCUT2D eigenvalue weighted by atomic mass is 9.68. The van der Waals surface area contributed by atoms with Crippen molar-refractivity contribution in [1.29, 1.82) is 0 Å². The molecule has 4 rings (SSSR count). The zero-order valence-corrected chi connectivity index (χ0v) is 19.6. The van der Waals surface area contributed by atoms with Crippen LogP contribution in [0.2, 0.25) is 0 Å². The van der Waals surface area contributed by atoms with Gasteiger partial charge in [0.25, 0.3) is 11.8 Å². The number of carbonyl (C=O) groups excluding carboxylic acids is 2. The topological polar surface area (TPSA) is 79.0 Å². The number of carbonyl (C=O) groups is 2. The van der Waals surface area contributed by atoms with Gasteiger partial charge >= 0.3 is 0 Å². The van der Waals surface area contributed by atoms with Crippen LogP contribution < -0.4 is 0 Å². The predicted octanol–water partition coefficient (Wildman–Crippen LogP) is 4.41. The van der Waals surface area contributed by atoms with Crippen LogP contribution in [0.5, 0.6) is 0 Å². The van der Waals surface area contributed by atoms with E-state index in [0.717, 1.165) is 18.2 Å². The molecule has 3 atom stereocenters. The number of aromatic nitrogens is 3. The Hall–Kier alpha value is -2.15. The number of benzene rings is 1. The van der Waals surface area contributed by atoms with E-state index in [1.807, 2.05) is 18.7 Å². The summed E-state index contributed by atoms with van der Waals surface area (Å²) in [6.07, 6.45) is 5.67. The molecule has 1 aromatic heterocycles. The summed E-state index contributed by atoms with van der Waals surface area (Å²) in [5.74, 6) is 5.02. The molecular weight excluding hydrogens is 408 g/mol. The summed E-state index contributed by atoms with van der Waals surface area (Å²) >= 11 is 1.95. The second kappa shape index (κ2) is 9.15. The molecule has 3 unspecified atom stereocenters. The first-order valence-electron chi connectivity index (χ1n) is 11.2. The van der Waals surface area contributed by atoms with Crippen LogP contribution in [0, 0.1) is 23.7 Å². The number of nitrogens with one attached hydrogen (secondary N) is 1. The number of fused-ring (bicyclic) bond motifs is 1. The summed E-state index contributed by atoms with van der Waals surface area (Å²) in [6.45, 7) is 7.00. The number of thioether (sulfide) groups is 1. The molecule has 1 saturated carbocycles. The molecule has 0 bridgehead atoms. The normalized spacial score (nSPS) is 26.9. The average molecular weight is 441 g/mol. The Morgan fingerprint density at radius 2 is 1.74 bits per heavy atom. The van der Waals surface area contributed by atoms with Crippen molar-refractivity contribution in [3.05, 3.63) is 47.0 Å². The van der Waals surface area contributed by atoms with Gasteiger partial charge in [0.05, 0.1) is 11.1 Å². The minimum atomic E-state index is -0.229. The fourth-order valence-corrected chi connectivity index (χ4v) is 6.18. The monoisotopic (exact) mass is 440 g/mol. The van der Waals surface area contributed by atoms with Crippen molar-refractivity contribution in [2.75, 3.05) is 18.6 Å². The van der Waals surface area contributed by atoms with E-state index in [2.05, 4.69) is 30.3 Å². The molecule has 1 aliphatic heterocycles. The van der Waals surface area contributed by atoms with Crippen molar-refractivity contribution < 1.29 is 9.59 Å². The number of nitrogens with zero attached hydrogens (tertiary/aromatic N) is 3. The molecular formula is C24H32N4O2S. The van der Waals surface area contributed by atoms with E-state index in [0.29, 0.717) is 34.7 Å². The van der Waals surface area contributed by atoms with E-state index < -0.39 is 0 Å². The van der Waals surface area contributed by atoms with E-state index in [1.54, 1.807) is 24.3 Å². The van der Waals surface area contributed by atoms with Gasteiger partial charge in [-0.05, 0) is 60.7 Å². The Kier molecular flexibility index (Phi) is 6.51. The van der Waals surface area contributed by atoms with Crippen LogP contribution in [0.15, 0.2) is 24.3 Å². The van der Waals surface area contributed by atoms with Gasteiger partial charge in [-0.2, -0.15) is 16.9 Å². The lowest BCUT2D eigenvalue weighted by Gasteiger charge is -2.38. The van der Waals surface area contributed by atoms with E-state index in [9.17, 15) is 9.59 Å². The maximum atomic E-state index is 12.6. The van der Waals surface area contributed by atoms with Crippen LogP contribution in [0.4, 0.5) is 0 Å². The predicted molar refractivity (Wildman–Crippen MR) is 123 cm³/mol. The van der Waals surface area contributed by atoms with Crippen LogP contribution in [-0.4, -0.2) is 50.4 Å². The van der Waals surface area contributed by atoms with Crippen LogP contribution in [0.25, 0.3) is 0 Å². The maximum absolute atomic E-state index is 12.6. The minimum absolute atomic E-state index is 0.126. The van der Waals surface area contributed by atoms with Gasteiger partial charge < -0.3 is 0 Å². The van der Waals surface area contributed by atoms with Crippen molar-refractivity contribution in [3.63, 3.8) is 0 Å². The molecule has 31 heavy (non-hydrogen) atoms. The van der Waals surface area contributed by atoms with E-state index in [1.165, 1.54) is 23.5 Å². The van der Waals surface area contributed by atoms with Gasteiger partial charge in [-0.1, -0.05) is 32.9 Å². The molecule has 2 aliphatic rings. The van der Waals surface area contributed by atoms with E-state index >= 15 is 0 Å². The van der Waals surface area contributed by atoms with E-state index in [4.69, 9.17) is 4.98 Å². The van der Waals surface area contributed by atoms with Gasteiger partial charge in [0.2, 0.25) is 0 Å². The number of amides is 2. The van der Waals surface area contributed by atoms with Crippen molar-refractivity contribution in [1.82, 2.24) is 20.1 Å². The highest BCUT2D eigenvalue weighted by molar-refractivity contribution is 7.98. The largest absolute Gasteiger partial charge is 0.274 e. The number of imide groups is 1. The number of aromatic amines is 1. The van der Waals surface area contributed by atoms with Gasteiger partial charge in [0, 0.05) is 18.9 Å². The van der Waals surface area contributed by atoms with E-state index in [-0.39, 0.29) is 24.3 Å². The van der Waals surface area contributed by atoms with Crippen molar-refractivity contribution in [2.45, 2.75) is 46.0 Å². The number of rotatable bonds is 7. The Morgan fingerprint density at radius 3 is 2.32 bits per heavy atom. The van der Waals surface area contributed by atoms with Crippen molar-refractivity contribution in [2.24, 2.45) is 23.7 Å². The molecule has 1 aromatic carbocycles. The van der Waals surface area contributed by atoms with Crippen LogP contribution in [0.3, 0.4) is 0 Å². The number of hydrogen-bond donors (Lipinski definition) is 1. The summed E-state index contributed by atoms with van der Waals surface area (Å²) in [7, 11) is 0. The molecule has 1 aliphatic carbocycles. The first-order valence-corrected chi connectivity index (χ1v) is 12.6. The Labute approximate surface area is 188 Å². The highest BCUT2D eigenvalue weighted by atomic mass is 32.2. The lowest BCUT2D eigenvalue weighted by molar-refractivity contribution is 0.0645. The molecule has 0 radical (unpaired) electrons. The van der Waals surface area contributed by atoms with Crippen molar-refractivity contribution >= 4 is 23.6 Å². The van der Waals surface area contributed by atoms with Gasteiger partial charge in [0.15, 0.2) is 5.82 Å².